The molecule has 0 aliphatic heterocycles. The molecule has 0 fully saturated rings. The van der Waals surface area contributed by atoms with Crippen molar-refractivity contribution in [3.8, 4) is 17.6 Å². The normalized spacial score (nSPS) is 11.1. The Morgan fingerprint density at radius 1 is 0.943 bits per heavy atom. The van der Waals surface area contributed by atoms with Crippen molar-refractivity contribution in [3.05, 3.63) is 107 Å². The van der Waals surface area contributed by atoms with E-state index in [4.69, 9.17) is 9.47 Å². The summed E-state index contributed by atoms with van der Waals surface area (Å²) in [6.07, 6.45) is 1.54. The Balaban J connectivity index is 1.55. The molecule has 0 radical (unpaired) electrons. The molecule has 0 saturated heterocycles. The van der Waals surface area contributed by atoms with Gasteiger partial charge in [-0.3, -0.25) is 4.79 Å². The zero-order valence-electron chi connectivity index (χ0n) is 20.0. The van der Waals surface area contributed by atoms with Crippen molar-refractivity contribution in [2.75, 3.05) is 12.4 Å². The maximum absolute atomic E-state index is 12.7. The third kappa shape index (κ3) is 5.34. The van der Waals surface area contributed by atoms with Crippen LogP contribution < -0.4 is 14.8 Å². The second-order valence-corrected chi connectivity index (χ2v) is 8.22. The van der Waals surface area contributed by atoms with Gasteiger partial charge >= 0.3 is 0 Å². The first-order chi connectivity index (χ1) is 17.0. The largest absolute Gasteiger partial charge is 0.493 e. The van der Waals surface area contributed by atoms with Gasteiger partial charge in [0.2, 0.25) is 0 Å². The predicted molar refractivity (Wildman–Crippen MR) is 139 cm³/mol. The number of nitriles is 1. The molecule has 0 heterocycles. The third-order valence-corrected chi connectivity index (χ3v) is 5.90. The first-order valence-corrected chi connectivity index (χ1v) is 11.3. The second-order valence-electron chi connectivity index (χ2n) is 8.22. The number of ether oxygens (including phenoxy) is 2. The lowest BCUT2D eigenvalue weighted by molar-refractivity contribution is -0.112. The van der Waals surface area contributed by atoms with E-state index in [0.717, 1.165) is 27.5 Å². The second kappa shape index (κ2) is 10.6. The number of carbonyl (C=O) groups is 1. The third-order valence-electron chi connectivity index (χ3n) is 5.90. The molecular weight excluding hydrogens is 436 g/mol. The number of para-hydroxylation sites is 1. The van der Waals surface area contributed by atoms with E-state index in [-0.39, 0.29) is 5.57 Å². The molecule has 35 heavy (non-hydrogen) atoms. The number of carbonyl (C=O) groups excluding carboxylic acids is 1. The molecule has 174 valence electrons. The van der Waals surface area contributed by atoms with Gasteiger partial charge in [0.25, 0.3) is 5.91 Å². The standard InChI is InChI=1S/C30H26N2O3/c1-20-12-14-23-9-5-6-10-25(23)26(20)19-35-28-15-13-22(17-29(28)34-3)16-24(18-31)30(33)32-27-11-7-4-8-21(27)2/h4-17H,19H2,1-3H3,(H,32,33)/b24-16+. The number of hydrogen-bond acceptors (Lipinski definition) is 4. The van der Waals surface area contributed by atoms with Crippen LogP contribution in [0.15, 0.2) is 84.4 Å². The Morgan fingerprint density at radius 3 is 2.49 bits per heavy atom. The molecule has 1 amide bonds. The molecule has 5 heteroatoms. The van der Waals surface area contributed by atoms with Crippen LogP contribution in [0.5, 0.6) is 11.5 Å². The Morgan fingerprint density at radius 2 is 1.71 bits per heavy atom. The summed E-state index contributed by atoms with van der Waals surface area (Å²) >= 11 is 0. The van der Waals surface area contributed by atoms with Crippen LogP contribution in [-0.4, -0.2) is 13.0 Å². The zero-order chi connectivity index (χ0) is 24.8. The van der Waals surface area contributed by atoms with E-state index in [1.807, 2.05) is 43.3 Å². The van der Waals surface area contributed by atoms with Gasteiger partial charge in [-0.15, -0.1) is 0 Å². The zero-order valence-corrected chi connectivity index (χ0v) is 20.0. The van der Waals surface area contributed by atoms with Crippen LogP contribution in [0.25, 0.3) is 16.8 Å². The Bertz CT molecular complexity index is 1460. The van der Waals surface area contributed by atoms with Crippen LogP contribution >= 0.6 is 0 Å². The number of fused-ring (bicyclic) bond motifs is 1. The minimum atomic E-state index is -0.465. The molecule has 0 atom stereocenters. The number of aryl methyl sites for hydroxylation is 2. The van der Waals surface area contributed by atoms with Crippen LogP contribution in [0.2, 0.25) is 0 Å². The van der Waals surface area contributed by atoms with Crippen LogP contribution in [0.3, 0.4) is 0 Å². The van der Waals surface area contributed by atoms with E-state index in [9.17, 15) is 10.1 Å². The minimum absolute atomic E-state index is 0.00430. The molecule has 4 aromatic carbocycles. The van der Waals surface area contributed by atoms with Crippen molar-refractivity contribution < 1.29 is 14.3 Å². The molecule has 1 N–H and O–H groups in total. The number of benzene rings is 4. The lowest BCUT2D eigenvalue weighted by Crippen LogP contribution is -2.14. The fourth-order valence-electron chi connectivity index (χ4n) is 3.90. The molecular formula is C30H26N2O3. The first kappa shape index (κ1) is 23.6. The summed E-state index contributed by atoms with van der Waals surface area (Å²) in [4.78, 5) is 12.7. The maximum atomic E-state index is 12.7. The highest BCUT2D eigenvalue weighted by atomic mass is 16.5. The SMILES string of the molecule is COc1cc(/C=C(\C#N)C(=O)Nc2ccccc2C)ccc1OCc1c(C)ccc2ccccc12. The van der Waals surface area contributed by atoms with Gasteiger partial charge in [-0.1, -0.05) is 60.7 Å². The van der Waals surface area contributed by atoms with Gasteiger partial charge in [0.05, 0.1) is 7.11 Å². The molecule has 0 spiro atoms. The van der Waals surface area contributed by atoms with Crippen LogP contribution in [0.4, 0.5) is 5.69 Å². The topological polar surface area (TPSA) is 71.3 Å². The molecule has 4 rings (SSSR count). The maximum Gasteiger partial charge on any atom is 0.266 e. The van der Waals surface area contributed by atoms with Gasteiger partial charge in [0.1, 0.15) is 18.2 Å². The van der Waals surface area contributed by atoms with Crippen LogP contribution in [-0.2, 0) is 11.4 Å². The summed E-state index contributed by atoms with van der Waals surface area (Å²) in [6.45, 7) is 4.36. The number of nitrogens with one attached hydrogen (secondary N) is 1. The van der Waals surface area contributed by atoms with Crippen LogP contribution in [0.1, 0.15) is 22.3 Å². The summed E-state index contributed by atoms with van der Waals surface area (Å²) in [5.74, 6) is 0.639. The van der Waals surface area contributed by atoms with Crippen molar-refractivity contribution in [2.45, 2.75) is 20.5 Å². The monoisotopic (exact) mass is 462 g/mol. The predicted octanol–water partition coefficient (Wildman–Crippen LogP) is 6.59. The number of hydrogen-bond donors (Lipinski definition) is 1. The Kier molecular flexibility index (Phi) is 7.13. The minimum Gasteiger partial charge on any atom is -0.493 e. The number of amides is 1. The van der Waals surface area contributed by atoms with E-state index in [1.165, 1.54) is 6.08 Å². The summed E-state index contributed by atoms with van der Waals surface area (Å²) < 4.78 is 11.7. The Labute approximate surface area is 205 Å². The molecule has 0 bridgehead atoms. The fraction of sp³-hybridized carbons (Fsp3) is 0.133. The Hall–Kier alpha value is -4.56. The summed E-state index contributed by atoms with van der Waals surface area (Å²) in [5.41, 5.74) is 4.52. The van der Waals surface area contributed by atoms with Gasteiger partial charge in [0.15, 0.2) is 11.5 Å². The van der Waals surface area contributed by atoms with Crippen molar-refractivity contribution in [2.24, 2.45) is 0 Å². The lowest BCUT2D eigenvalue weighted by atomic mass is 10.0. The van der Waals surface area contributed by atoms with Crippen molar-refractivity contribution in [3.63, 3.8) is 0 Å². The summed E-state index contributed by atoms with van der Waals surface area (Å²) in [6, 6.07) is 27.2. The summed E-state index contributed by atoms with van der Waals surface area (Å²) in [7, 11) is 1.56. The van der Waals surface area contributed by atoms with Gasteiger partial charge in [-0.05, 0) is 65.6 Å². The van der Waals surface area contributed by atoms with Crippen LogP contribution in [0, 0.1) is 25.2 Å². The van der Waals surface area contributed by atoms with Gasteiger partial charge < -0.3 is 14.8 Å². The van der Waals surface area contributed by atoms with E-state index >= 15 is 0 Å². The highest BCUT2D eigenvalue weighted by Crippen LogP contribution is 2.31. The first-order valence-electron chi connectivity index (χ1n) is 11.3. The van der Waals surface area contributed by atoms with E-state index in [2.05, 4.69) is 36.5 Å². The van der Waals surface area contributed by atoms with Crippen molar-refractivity contribution >= 4 is 28.4 Å². The fourth-order valence-corrected chi connectivity index (χ4v) is 3.90. The van der Waals surface area contributed by atoms with Gasteiger partial charge in [-0.25, -0.2) is 0 Å². The number of nitrogens with zero attached hydrogens (tertiary/aromatic N) is 1. The quantitative estimate of drug-likeness (QED) is 0.248. The smallest absolute Gasteiger partial charge is 0.266 e. The van der Waals surface area contributed by atoms with Crippen molar-refractivity contribution in [1.82, 2.24) is 0 Å². The summed E-state index contributed by atoms with van der Waals surface area (Å²) in [5, 5.41) is 14.7. The van der Waals surface area contributed by atoms with E-state index < -0.39 is 5.91 Å². The number of anilines is 1. The number of methoxy groups -OCH3 is 1. The van der Waals surface area contributed by atoms with E-state index in [1.54, 1.807) is 31.4 Å². The molecule has 5 nitrogen and oxygen atoms in total. The van der Waals surface area contributed by atoms with E-state index in [0.29, 0.717) is 29.4 Å². The molecule has 0 aromatic heterocycles. The average molecular weight is 463 g/mol. The van der Waals surface area contributed by atoms with Crippen molar-refractivity contribution in [1.29, 1.82) is 5.26 Å². The average Bonchev–Trinajstić information content (AvgIpc) is 2.88. The molecule has 0 aliphatic carbocycles. The van der Waals surface area contributed by atoms with Gasteiger partial charge in [0, 0.05) is 11.3 Å². The van der Waals surface area contributed by atoms with Gasteiger partial charge in [-0.2, -0.15) is 5.26 Å². The molecule has 4 aromatic rings. The highest BCUT2D eigenvalue weighted by molar-refractivity contribution is 6.10. The molecule has 0 unspecified atom stereocenters. The lowest BCUT2D eigenvalue weighted by Gasteiger charge is -2.14. The molecule has 0 saturated carbocycles. The highest BCUT2D eigenvalue weighted by Gasteiger charge is 2.13. The number of rotatable bonds is 7. The molecule has 0 aliphatic rings.